The van der Waals surface area contributed by atoms with Gasteiger partial charge in [-0.2, -0.15) is 0 Å². The molecule has 9 atom stereocenters. The number of nitrogens with one attached hydrogen (secondary N) is 1. The number of carbonyl (C=O) groups excluding carboxylic acids is 1. The average Bonchev–Trinajstić information content (AvgIpc) is 3.18. The topological polar surface area (TPSA) is 189 Å². The number of allylic oxidation sites excluding steroid dienone is 4. The molecular formula is C44H83NO10. The maximum absolute atomic E-state index is 13.0. The van der Waals surface area contributed by atoms with Gasteiger partial charge in [-0.15, -0.1) is 0 Å². The average molecular weight is 786 g/mol. The van der Waals surface area contributed by atoms with Crippen LogP contribution in [-0.4, -0.2) is 110 Å². The highest BCUT2D eigenvalue weighted by atomic mass is 16.7. The molecule has 0 aliphatic carbocycles. The van der Waals surface area contributed by atoms with E-state index in [4.69, 9.17) is 9.47 Å². The highest BCUT2D eigenvalue weighted by Crippen LogP contribution is 2.23. The van der Waals surface area contributed by atoms with Crippen molar-refractivity contribution >= 4 is 5.91 Å². The minimum Gasteiger partial charge on any atom is -0.394 e. The number of unbranched alkanes of at least 4 members (excludes halogenated alkanes) is 20. The summed E-state index contributed by atoms with van der Waals surface area (Å²) < 4.78 is 11.0. The summed E-state index contributed by atoms with van der Waals surface area (Å²) in [7, 11) is 0. The normalized spacial score (nSPS) is 22.7. The van der Waals surface area contributed by atoms with Crippen LogP contribution in [0.15, 0.2) is 24.3 Å². The van der Waals surface area contributed by atoms with Crippen molar-refractivity contribution in [3.8, 4) is 0 Å². The molecule has 1 amide bonds. The van der Waals surface area contributed by atoms with Crippen LogP contribution < -0.4 is 5.32 Å². The third-order valence-corrected chi connectivity index (χ3v) is 10.7. The van der Waals surface area contributed by atoms with Gasteiger partial charge in [0, 0.05) is 0 Å². The predicted octanol–water partition coefficient (Wildman–Crippen LogP) is 6.67. The van der Waals surface area contributed by atoms with Crippen molar-refractivity contribution in [2.24, 2.45) is 0 Å². The van der Waals surface area contributed by atoms with Gasteiger partial charge in [0.25, 0.3) is 0 Å². The Bertz CT molecular complexity index is 950. The minimum atomic E-state index is -1.67. The third-order valence-electron chi connectivity index (χ3n) is 10.7. The van der Waals surface area contributed by atoms with E-state index in [1.54, 1.807) is 0 Å². The SMILES string of the molecule is CCCC/C=C/CC/C=C/CCCC(O)C(O)C(COC1OC(CO)C(O)C(O)C1O)NC(=O)C(O)CCCCCCCCCCCCCCCCCCC. The first kappa shape index (κ1) is 51.6. The lowest BCUT2D eigenvalue weighted by molar-refractivity contribution is -0.303. The number of aliphatic hydroxyl groups excluding tert-OH is 7. The summed E-state index contributed by atoms with van der Waals surface area (Å²) in [5.74, 6) is -0.711. The molecule has 55 heavy (non-hydrogen) atoms. The van der Waals surface area contributed by atoms with Crippen molar-refractivity contribution in [1.82, 2.24) is 5.32 Å². The van der Waals surface area contributed by atoms with Gasteiger partial charge >= 0.3 is 0 Å². The number of hydrogen-bond acceptors (Lipinski definition) is 10. The summed E-state index contributed by atoms with van der Waals surface area (Å²) in [6.07, 6.45) is 25.2. The van der Waals surface area contributed by atoms with Gasteiger partial charge in [0.1, 0.15) is 36.6 Å². The van der Waals surface area contributed by atoms with E-state index in [2.05, 4.69) is 43.5 Å². The molecule has 324 valence electrons. The first-order chi connectivity index (χ1) is 26.7. The number of ether oxygens (including phenoxy) is 2. The fraction of sp³-hybridized carbons (Fsp3) is 0.886. The molecule has 0 saturated carbocycles. The molecule has 1 saturated heterocycles. The second-order valence-corrected chi connectivity index (χ2v) is 15.8. The molecule has 0 radical (unpaired) electrons. The molecular weight excluding hydrogens is 702 g/mol. The Balaban J connectivity index is 2.47. The molecule has 11 nitrogen and oxygen atoms in total. The summed E-state index contributed by atoms with van der Waals surface area (Å²) in [4.78, 5) is 13.0. The van der Waals surface area contributed by atoms with Crippen LogP contribution in [0, 0.1) is 0 Å². The van der Waals surface area contributed by atoms with Gasteiger partial charge in [0.2, 0.25) is 5.91 Å². The van der Waals surface area contributed by atoms with E-state index in [1.165, 1.54) is 96.3 Å². The maximum Gasteiger partial charge on any atom is 0.249 e. The van der Waals surface area contributed by atoms with Crippen LogP contribution in [0.2, 0.25) is 0 Å². The smallest absolute Gasteiger partial charge is 0.249 e. The van der Waals surface area contributed by atoms with Gasteiger partial charge in [0.05, 0.1) is 25.4 Å². The van der Waals surface area contributed by atoms with Gasteiger partial charge < -0.3 is 50.5 Å². The summed E-state index contributed by atoms with van der Waals surface area (Å²) >= 11 is 0. The first-order valence-electron chi connectivity index (χ1n) is 22.2. The Hall–Kier alpha value is -1.41. The number of amides is 1. The predicted molar refractivity (Wildman–Crippen MR) is 219 cm³/mol. The molecule has 8 N–H and O–H groups in total. The largest absolute Gasteiger partial charge is 0.394 e. The van der Waals surface area contributed by atoms with Crippen molar-refractivity contribution in [1.29, 1.82) is 0 Å². The van der Waals surface area contributed by atoms with Crippen LogP contribution in [-0.2, 0) is 14.3 Å². The zero-order chi connectivity index (χ0) is 40.5. The Morgan fingerprint density at radius 1 is 0.618 bits per heavy atom. The molecule has 9 unspecified atom stereocenters. The molecule has 1 heterocycles. The molecule has 1 rings (SSSR count). The lowest BCUT2D eigenvalue weighted by Crippen LogP contribution is -2.60. The van der Waals surface area contributed by atoms with Gasteiger partial charge in [0.15, 0.2) is 6.29 Å². The standard InChI is InChI=1S/C44H83NO10/c1-3-5-7-9-11-13-15-16-17-18-19-20-22-24-26-28-30-32-37(48)43(53)45-35(34-54-44-42(52)41(51)40(50)38(33-46)55-44)39(49)36(47)31-29-27-25-23-21-14-12-10-8-6-4-2/h10,12,23,25,35-42,44,46-52H,3-9,11,13-22,24,26-34H2,1-2H3,(H,45,53)/b12-10+,25-23+. The Labute approximate surface area is 334 Å². The van der Waals surface area contributed by atoms with Crippen molar-refractivity contribution < 1.29 is 50.0 Å². The number of aliphatic hydroxyl groups is 7. The van der Waals surface area contributed by atoms with Gasteiger partial charge in [-0.25, -0.2) is 0 Å². The van der Waals surface area contributed by atoms with E-state index in [9.17, 15) is 40.5 Å². The van der Waals surface area contributed by atoms with Crippen molar-refractivity contribution in [3.05, 3.63) is 24.3 Å². The maximum atomic E-state index is 13.0. The van der Waals surface area contributed by atoms with Crippen molar-refractivity contribution in [2.45, 2.75) is 236 Å². The van der Waals surface area contributed by atoms with Crippen molar-refractivity contribution in [2.75, 3.05) is 13.2 Å². The highest BCUT2D eigenvalue weighted by molar-refractivity contribution is 5.80. The fourth-order valence-electron chi connectivity index (χ4n) is 6.97. The molecule has 0 bridgehead atoms. The summed E-state index contributed by atoms with van der Waals surface area (Å²) in [6, 6.07) is -1.19. The third kappa shape index (κ3) is 24.9. The highest BCUT2D eigenvalue weighted by Gasteiger charge is 2.44. The van der Waals surface area contributed by atoms with Gasteiger partial charge in [-0.3, -0.25) is 4.79 Å². The quantitative estimate of drug-likeness (QED) is 0.0252. The molecule has 11 heteroatoms. The fourth-order valence-corrected chi connectivity index (χ4v) is 6.97. The second-order valence-electron chi connectivity index (χ2n) is 15.8. The number of rotatable bonds is 36. The summed E-state index contributed by atoms with van der Waals surface area (Å²) in [5.41, 5.74) is 0. The molecule has 0 spiro atoms. The lowest BCUT2D eigenvalue weighted by atomic mass is 9.98. The molecule has 0 aromatic heterocycles. The number of carbonyl (C=O) groups is 1. The molecule has 1 fully saturated rings. The van der Waals surface area contributed by atoms with Crippen LogP contribution in [0.4, 0.5) is 0 Å². The van der Waals surface area contributed by atoms with Gasteiger partial charge in [-0.1, -0.05) is 160 Å². The van der Waals surface area contributed by atoms with E-state index in [0.717, 1.165) is 38.5 Å². The van der Waals surface area contributed by atoms with E-state index < -0.39 is 74.2 Å². The molecule has 0 aromatic carbocycles. The minimum absolute atomic E-state index is 0.247. The Morgan fingerprint density at radius 3 is 1.60 bits per heavy atom. The van der Waals surface area contributed by atoms with Crippen LogP contribution in [0.3, 0.4) is 0 Å². The molecule has 1 aliphatic heterocycles. The van der Waals surface area contributed by atoms with Gasteiger partial charge in [-0.05, 0) is 44.9 Å². The van der Waals surface area contributed by atoms with E-state index in [1.807, 2.05) is 0 Å². The Kier molecular flexibility index (Phi) is 32.5. The van der Waals surface area contributed by atoms with E-state index >= 15 is 0 Å². The summed E-state index contributed by atoms with van der Waals surface area (Å²) in [6.45, 7) is 3.36. The monoisotopic (exact) mass is 786 g/mol. The van der Waals surface area contributed by atoms with Crippen LogP contribution >= 0.6 is 0 Å². The van der Waals surface area contributed by atoms with E-state index in [-0.39, 0.29) is 12.8 Å². The summed E-state index contributed by atoms with van der Waals surface area (Å²) in [5, 5.41) is 75.4. The van der Waals surface area contributed by atoms with E-state index in [0.29, 0.717) is 19.3 Å². The number of hydrogen-bond donors (Lipinski definition) is 8. The Morgan fingerprint density at radius 2 is 1.09 bits per heavy atom. The van der Waals surface area contributed by atoms with Crippen LogP contribution in [0.25, 0.3) is 0 Å². The first-order valence-corrected chi connectivity index (χ1v) is 22.2. The van der Waals surface area contributed by atoms with Crippen molar-refractivity contribution in [3.63, 3.8) is 0 Å². The van der Waals surface area contributed by atoms with Crippen LogP contribution in [0.1, 0.15) is 181 Å². The zero-order valence-corrected chi connectivity index (χ0v) is 34.7. The molecule has 1 aliphatic rings. The molecule has 0 aromatic rings. The zero-order valence-electron chi connectivity index (χ0n) is 34.7. The lowest BCUT2D eigenvalue weighted by Gasteiger charge is -2.40. The second kappa shape index (κ2) is 34.6. The van der Waals surface area contributed by atoms with Crippen LogP contribution in [0.5, 0.6) is 0 Å².